The van der Waals surface area contributed by atoms with Crippen LogP contribution in [0.2, 0.25) is 0 Å². The Morgan fingerprint density at radius 3 is 2.14 bits per heavy atom. The van der Waals surface area contributed by atoms with E-state index in [1.807, 2.05) is 67.0 Å². The van der Waals surface area contributed by atoms with Crippen molar-refractivity contribution in [3.63, 3.8) is 0 Å². The van der Waals surface area contributed by atoms with Crippen LogP contribution in [0.3, 0.4) is 0 Å². The molecule has 0 N–H and O–H groups in total. The fraction of sp³-hybridized carbons (Fsp3) is 0.242. The van der Waals surface area contributed by atoms with Crippen molar-refractivity contribution in [2.45, 2.75) is 52.4 Å². The van der Waals surface area contributed by atoms with E-state index in [1.54, 1.807) is 6.20 Å². The van der Waals surface area contributed by atoms with E-state index in [2.05, 4.69) is 64.7 Å². The number of pyridine rings is 1. The van der Waals surface area contributed by atoms with E-state index in [9.17, 15) is 0 Å². The minimum Gasteiger partial charge on any atom is -0.436 e. The Morgan fingerprint density at radius 1 is 0.757 bits per heavy atom. The molecule has 0 atom stereocenters. The van der Waals surface area contributed by atoms with Crippen molar-refractivity contribution in [3.8, 4) is 22.6 Å². The van der Waals surface area contributed by atoms with Gasteiger partial charge in [0.25, 0.3) is 0 Å². The molecule has 0 radical (unpaired) electrons. The normalized spacial score (nSPS) is 12.5. The zero-order chi connectivity index (χ0) is 26.2. The quantitative estimate of drug-likeness (QED) is 0.238. The molecule has 4 heteroatoms. The molecular formula is C33H33N3O. The first-order valence-electron chi connectivity index (χ1n) is 12.7. The van der Waals surface area contributed by atoms with Crippen LogP contribution >= 0.6 is 0 Å². The van der Waals surface area contributed by atoms with Crippen molar-refractivity contribution in [1.82, 2.24) is 9.97 Å². The van der Waals surface area contributed by atoms with E-state index in [4.69, 9.17) is 14.4 Å². The number of hydrogen-bond acceptors (Lipinski definition) is 4. The Hall–Kier alpha value is -4.05. The number of aromatic nitrogens is 2. The second-order valence-electron chi connectivity index (χ2n) is 11.5. The minimum atomic E-state index is 0.0476. The Kier molecular flexibility index (Phi) is 6.28. The van der Waals surface area contributed by atoms with Crippen LogP contribution in [0.5, 0.6) is 0 Å². The summed E-state index contributed by atoms with van der Waals surface area (Å²) in [5.41, 5.74) is 9.02. The number of para-hydroxylation sites is 2. The highest BCUT2D eigenvalue weighted by Crippen LogP contribution is 2.35. The fourth-order valence-electron chi connectivity index (χ4n) is 4.32. The van der Waals surface area contributed by atoms with Gasteiger partial charge in [0.2, 0.25) is 5.89 Å². The van der Waals surface area contributed by atoms with Crippen molar-refractivity contribution in [2.75, 3.05) is 0 Å². The van der Waals surface area contributed by atoms with Gasteiger partial charge in [0.1, 0.15) is 5.52 Å². The topological polar surface area (TPSA) is 51.3 Å². The van der Waals surface area contributed by atoms with Gasteiger partial charge in [0.05, 0.1) is 11.3 Å². The van der Waals surface area contributed by atoms with Crippen LogP contribution in [0.1, 0.15) is 58.2 Å². The maximum atomic E-state index is 6.23. The van der Waals surface area contributed by atoms with Gasteiger partial charge >= 0.3 is 0 Å². The number of rotatable bonds is 4. The van der Waals surface area contributed by atoms with Gasteiger partial charge in [-0.25, -0.2) is 4.98 Å². The zero-order valence-electron chi connectivity index (χ0n) is 22.4. The molecule has 4 nitrogen and oxygen atoms in total. The van der Waals surface area contributed by atoms with Gasteiger partial charge in [-0.1, -0.05) is 77.9 Å². The SMILES string of the molecule is CC(C)(C)c1cc(C=Nc2ccccc2-c2nc3c(-c4cccnc4)cccc3o2)cc(C(C)(C)C)c1. The van der Waals surface area contributed by atoms with Gasteiger partial charge in [-0.2, -0.15) is 0 Å². The lowest BCUT2D eigenvalue weighted by atomic mass is 9.79. The molecule has 5 rings (SSSR count). The van der Waals surface area contributed by atoms with E-state index in [0.29, 0.717) is 5.89 Å². The molecule has 186 valence electrons. The Morgan fingerprint density at radius 2 is 1.46 bits per heavy atom. The van der Waals surface area contributed by atoms with Crippen LogP contribution in [0.4, 0.5) is 5.69 Å². The standard InChI is InChI=1S/C33H33N3O/c1-32(2,3)24-17-22(18-25(19-24)33(4,5)6)20-35-28-14-8-7-12-27(28)31-36-30-26(13-9-15-29(30)37-31)23-11-10-16-34-21-23/h7-21H,1-6H3. The largest absolute Gasteiger partial charge is 0.436 e. The summed E-state index contributed by atoms with van der Waals surface area (Å²) in [6.45, 7) is 13.5. The highest BCUT2D eigenvalue weighted by molar-refractivity contribution is 5.93. The second-order valence-corrected chi connectivity index (χ2v) is 11.5. The Labute approximate surface area is 219 Å². The molecule has 0 aliphatic carbocycles. The maximum Gasteiger partial charge on any atom is 0.229 e. The van der Waals surface area contributed by atoms with Crippen molar-refractivity contribution in [2.24, 2.45) is 4.99 Å². The second kappa shape index (κ2) is 9.44. The highest BCUT2D eigenvalue weighted by Gasteiger charge is 2.20. The van der Waals surface area contributed by atoms with Gasteiger partial charge in [0, 0.05) is 29.7 Å². The van der Waals surface area contributed by atoms with Gasteiger partial charge in [-0.05, 0) is 63.9 Å². The van der Waals surface area contributed by atoms with Crippen molar-refractivity contribution in [1.29, 1.82) is 0 Å². The summed E-state index contributed by atoms with van der Waals surface area (Å²) < 4.78 is 6.23. The molecule has 0 fully saturated rings. The van der Waals surface area contributed by atoms with Gasteiger partial charge in [0.15, 0.2) is 5.58 Å². The van der Waals surface area contributed by atoms with Crippen LogP contribution in [-0.4, -0.2) is 16.2 Å². The number of hydrogen-bond donors (Lipinski definition) is 0. The monoisotopic (exact) mass is 487 g/mol. The predicted molar refractivity (Wildman–Crippen MR) is 154 cm³/mol. The van der Waals surface area contributed by atoms with E-state index in [1.165, 1.54) is 11.1 Å². The molecular weight excluding hydrogens is 454 g/mol. The molecule has 0 unspecified atom stereocenters. The Bertz CT molecular complexity index is 1550. The van der Waals surface area contributed by atoms with E-state index in [0.717, 1.165) is 39.0 Å². The molecule has 0 saturated heterocycles. The summed E-state index contributed by atoms with van der Waals surface area (Å²) in [7, 11) is 0. The van der Waals surface area contributed by atoms with Gasteiger partial charge in [-0.3, -0.25) is 9.98 Å². The first kappa shape index (κ1) is 24.6. The van der Waals surface area contributed by atoms with Crippen LogP contribution in [0, 0.1) is 0 Å². The van der Waals surface area contributed by atoms with Crippen LogP contribution in [0.25, 0.3) is 33.7 Å². The summed E-state index contributed by atoms with van der Waals surface area (Å²) in [4.78, 5) is 14.1. The highest BCUT2D eigenvalue weighted by atomic mass is 16.3. The zero-order valence-corrected chi connectivity index (χ0v) is 22.4. The lowest BCUT2D eigenvalue weighted by Crippen LogP contribution is -2.17. The lowest BCUT2D eigenvalue weighted by molar-refractivity contribution is 0.568. The van der Waals surface area contributed by atoms with Crippen molar-refractivity contribution in [3.05, 3.63) is 102 Å². The summed E-state index contributed by atoms with van der Waals surface area (Å²) >= 11 is 0. The van der Waals surface area contributed by atoms with Crippen molar-refractivity contribution >= 4 is 23.0 Å². The third-order valence-electron chi connectivity index (χ3n) is 6.57. The average molecular weight is 488 g/mol. The molecule has 0 aliphatic heterocycles. The number of aliphatic imine (C=N–C) groups is 1. The number of nitrogens with zero attached hydrogens (tertiary/aromatic N) is 3. The van der Waals surface area contributed by atoms with E-state index < -0.39 is 0 Å². The molecule has 5 aromatic rings. The lowest BCUT2D eigenvalue weighted by Gasteiger charge is -2.25. The third kappa shape index (κ3) is 5.24. The molecule has 2 heterocycles. The smallest absolute Gasteiger partial charge is 0.229 e. The molecule has 0 bridgehead atoms. The van der Waals surface area contributed by atoms with Crippen LogP contribution in [-0.2, 0) is 10.8 Å². The van der Waals surface area contributed by atoms with E-state index in [-0.39, 0.29) is 10.8 Å². The first-order valence-corrected chi connectivity index (χ1v) is 12.7. The van der Waals surface area contributed by atoms with Crippen molar-refractivity contribution < 1.29 is 4.42 Å². The summed E-state index contributed by atoms with van der Waals surface area (Å²) in [6, 6.07) is 24.7. The molecule has 3 aromatic carbocycles. The summed E-state index contributed by atoms with van der Waals surface area (Å²) in [6.07, 6.45) is 5.57. The Balaban J connectivity index is 1.56. The van der Waals surface area contributed by atoms with Crippen LogP contribution in [0.15, 0.2) is 94.6 Å². The predicted octanol–water partition coefficient (Wildman–Crippen LogP) is 8.90. The van der Waals surface area contributed by atoms with E-state index >= 15 is 0 Å². The molecule has 0 aliphatic rings. The third-order valence-corrected chi connectivity index (χ3v) is 6.57. The summed E-state index contributed by atoms with van der Waals surface area (Å²) in [5, 5.41) is 0. The molecule has 0 spiro atoms. The fourth-order valence-corrected chi connectivity index (χ4v) is 4.32. The average Bonchev–Trinajstić information content (AvgIpc) is 3.31. The summed E-state index contributed by atoms with van der Waals surface area (Å²) in [5.74, 6) is 0.554. The van der Waals surface area contributed by atoms with Crippen LogP contribution < -0.4 is 0 Å². The molecule has 2 aromatic heterocycles. The maximum absolute atomic E-state index is 6.23. The molecule has 0 saturated carbocycles. The number of benzene rings is 3. The van der Waals surface area contributed by atoms with Gasteiger partial charge < -0.3 is 4.42 Å². The molecule has 0 amide bonds. The van der Waals surface area contributed by atoms with Gasteiger partial charge in [-0.15, -0.1) is 0 Å². The molecule has 37 heavy (non-hydrogen) atoms. The first-order chi connectivity index (χ1) is 17.6. The number of oxazole rings is 1. The number of fused-ring (bicyclic) bond motifs is 1. The minimum absolute atomic E-state index is 0.0476.